The summed E-state index contributed by atoms with van der Waals surface area (Å²) in [6.45, 7) is 0. The first-order chi connectivity index (χ1) is 17.8. The summed E-state index contributed by atoms with van der Waals surface area (Å²) in [4.78, 5) is 2.67. The van der Waals surface area contributed by atoms with Gasteiger partial charge in [-0.3, -0.25) is 0 Å². The Morgan fingerprint density at radius 1 is 0.472 bits per heavy atom. The van der Waals surface area contributed by atoms with E-state index < -0.39 is 0 Å². The van der Waals surface area contributed by atoms with Crippen LogP contribution in [0, 0.1) is 0 Å². The smallest absolute Gasteiger partial charge is 0.0541 e. The van der Waals surface area contributed by atoms with Gasteiger partial charge in [0.05, 0.1) is 11.0 Å². The number of hydrogen-bond acceptors (Lipinski definition) is 1. The SMILES string of the molecule is c1cc2c3c(cccc3c1)-c1cc(-c3ccc(-n4c5ccccc5c5ccccc54)cc3)ccc1S2. The summed E-state index contributed by atoms with van der Waals surface area (Å²) in [6.07, 6.45) is 0. The minimum atomic E-state index is 1.18. The maximum Gasteiger partial charge on any atom is 0.0541 e. The lowest BCUT2D eigenvalue weighted by Gasteiger charge is -2.21. The first-order valence-electron chi connectivity index (χ1n) is 12.3. The van der Waals surface area contributed by atoms with Gasteiger partial charge in [0.2, 0.25) is 0 Å². The van der Waals surface area contributed by atoms with Gasteiger partial charge in [0.15, 0.2) is 0 Å². The summed E-state index contributed by atoms with van der Waals surface area (Å²) >= 11 is 1.88. The van der Waals surface area contributed by atoms with Crippen LogP contribution >= 0.6 is 11.8 Å². The Labute approximate surface area is 213 Å². The van der Waals surface area contributed by atoms with Crippen LogP contribution in [0.15, 0.2) is 137 Å². The predicted octanol–water partition coefficient (Wildman–Crippen LogP) is 9.74. The molecule has 1 aromatic heterocycles. The van der Waals surface area contributed by atoms with Crippen molar-refractivity contribution < 1.29 is 0 Å². The Balaban J connectivity index is 1.25. The molecule has 0 atom stereocenters. The van der Waals surface area contributed by atoms with E-state index in [1.165, 1.54) is 70.3 Å². The summed E-state index contributed by atoms with van der Waals surface area (Å²) in [5.41, 5.74) is 8.81. The van der Waals surface area contributed by atoms with Gasteiger partial charge in [-0.1, -0.05) is 96.7 Å². The number of para-hydroxylation sites is 2. The van der Waals surface area contributed by atoms with Gasteiger partial charge in [0.1, 0.15) is 0 Å². The van der Waals surface area contributed by atoms with Gasteiger partial charge in [-0.25, -0.2) is 0 Å². The lowest BCUT2D eigenvalue weighted by molar-refractivity contribution is 1.18. The molecule has 8 rings (SSSR count). The van der Waals surface area contributed by atoms with Crippen molar-refractivity contribution in [2.24, 2.45) is 0 Å². The molecule has 168 valence electrons. The van der Waals surface area contributed by atoms with Crippen molar-refractivity contribution in [2.75, 3.05) is 0 Å². The maximum absolute atomic E-state index is 2.37. The average Bonchev–Trinajstić information content (AvgIpc) is 3.28. The second-order valence-corrected chi connectivity index (χ2v) is 10.5. The molecule has 0 saturated carbocycles. The van der Waals surface area contributed by atoms with E-state index in [2.05, 4.69) is 132 Å². The van der Waals surface area contributed by atoms with Crippen LogP contribution in [0.1, 0.15) is 0 Å². The van der Waals surface area contributed by atoms with Crippen LogP contribution in [0.2, 0.25) is 0 Å². The average molecular weight is 476 g/mol. The molecule has 0 aliphatic carbocycles. The molecule has 2 heterocycles. The van der Waals surface area contributed by atoms with E-state index in [0.717, 1.165) is 0 Å². The van der Waals surface area contributed by atoms with Crippen molar-refractivity contribution >= 4 is 44.3 Å². The van der Waals surface area contributed by atoms with Gasteiger partial charge in [-0.2, -0.15) is 0 Å². The highest BCUT2D eigenvalue weighted by molar-refractivity contribution is 7.99. The normalized spacial score (nSPS) is 12.3. The molecule has 6 aromatic carbocycles. The van der Waals surface area contributed by atoms with Gasteiger partial charge in [-0.15, -0.1) is 0 Å². The number of hydrogen-bond donors (Lipinski definition) is 0. The van der Waals surface area contributed by atoms with Gasteiger partial charge < -0.3 is 4.57 Å². The molecule has 0 fully saturated rings. The summed E-state index contributed by atoms with van der Waals surface area (Å²) in [5, 5.41) is 5.26. The van der Waals surface area contributed by atoms with E-state index in [1.54, 1.807) is 0 Å². The van der Waals surface area contributed by atoms with E-state index in [-0.39, 0.29) is 0 Å². The van der Waals surface area contributed by atoms with Crippen LogP contribution in [-0.2, 0) is 0 Å². The third-order valence-electron chi connectivity index (χ3n) is 7.40. The monoisotopic (exact) mass is 475 g/mol. The number of fused-ring (bicyclic) bond motifs is 5. The summed E-state index contributed by atoms with van der Waals surface area (Å²) in [6, 6.07) is 46.5. The van der Waals surface area contributed by atoms with E-state index in [0.29, 0.717) is 0 Å². The molecule has 1 nitrogen and oxygen atoms in total. The summed E-state index contributed by atoms with van der Waals surface area (Å²) < 4.78 is 2.37. The van der Waals surface area contributed by atoms with Crippen molar-refractivity contribution in [1.29, 1.82) is 0 Å². The standard InChI is InChI=1S/C34H21NS/c1-3-12-30-26(9-1)27-10-2-4-13-31(27)35(30)25-18-15-22(16-19-25)24-17-20-32-29(21-24)28-11-5-7-23-8-6-14-33(36-32)34(23)28/h1-21H. The second-order valence-electron chi connectivity index (χ2n) is 9.39. The zero-order valence-electron chi connectivity index (χ0n) is 19.5. The molecule has 1 aliphatic rings. The molecule has 36 heavy (non-hydrogen) atoms. The Kier molecular flexibility index (Phi) is 4.22. The van der Waals surface area contributed by atoms with E-state index in [1.807, 2.05) is 11.8 Å². The van der Waals surface area contributed by atoms with Crippen molar-refractivity contribution in [2.45, 2.75) is 9.79 Å². The minimum Gasteiger partial charge on any atom is -0.309 e. The van der Waals surface area contributed by atoms with Gasteiger partial charge in [0, 0.05) is 31.6 Å². The highest BCUT2D eigenvalue weighted by atomic mass is 32.2. The van der Waals surface area contributed by atoms with E-state index in [9.17, 15) is 0 Å². The summed E-state index contributed by atoms with van der Waals surface area (Å²) in [5.74, 6) is 0. The Morgan fingerprint density at radius 3 is 1.89 bits per heavy atom. The Morgan fingerprint density at radius 2 is 1.14 bits per heavy atom. The lowest BCUT2D eigenvalue weighted by atomic mass is 9.94. The first kappa shape index (κ1) is 20.0. The van der Waals surface area contributed by atoms with Crippen LogP contribution in [0.25, 0.3) is 60.5 Å². The summed E-state index contributed by atoms with van der Waals surface area (Å²) in [7, 11) is 0. The molecule has 0 N–H and O–H groups in total. The molecular formula is C34H21NS. The van der Waals surface area contributed by atoms with Crippen LogP contribution < -0.4 is 0 Å². The molecule has 7 aromatic rings. The first-order valence-corrected chi connectivity index (χ1v) is 13.1. The number of aromatic nitrogens is 1. The molecule has 0 unspecified atom stereocenters. The molecule has 0 amide bonds. The number of nitrogens with zero attached hydrogens (tertiary/aromatic N) is 1. The van der Waals surface area contributed by atoms with Crippen LogP contribution in [0.4, 0.5) is 0 Å². The predicted molar refractivity (Wildman–Crippen MR) is 153 cm³/mol. The van der Waals surface area contributed by atoms with Gasteiger partial charge in [-0.05, 0) is 70.1 Å². The zero-order valence-corrected chi connectivity index (χ0v) is 20.3. The fraction of sp³-hybridized carbons (Fsp3) is 0. The van der Waals surface area contributed by atoms with E-state index >= 15 is 0 Å². The van der Waals surface area contributed by atoms with Crippen molar-refractivity contribution in [3.05, 3.63) is 127 Å². The quantitative estimate of drug-likeness (QED) is 0.241. The molecule has 0 saturated heterocycles. The fourth-order valence-corrected chi connectivity index (χ4v) is 6.88. The molecule has 0 spiro atoms. The third kappa shape index (κ3) is 2.85. The van der Waals surface area contributed by atoms with Crippen molar-refractivity contribution in [3.8, 4) is 27.9 Å². The lowest BCUT2D eigenvalue weighted by Crippen LogP contribution is -1.94. The Hall–Kier alpha value is -4.27. The zero-order chi connectivity index (χ0) is 23.6. The van der Waals surface area contributed by atoms with Crippen LogP contribution in [0.3, 0.4) is 0 Å². The largest absolute Gasteiger partial charge is 0.309 e. The van der Waals surface area contributed by atoms with E-state index in [4.69, 9.17) is 0 Å². The molecule has 0 radical (unpaired) electrons. The van der Waals surface area contributed by atoms with Crippen LogP contribution in [-0.4, -0.2) is 4.57 Å². The highest BCUT2D eigenvalue weighted by Gasteiger charge is 2.19. The minimum absolute atomic E-state index is 1.18. The molecule has 0 bridgehead atoms. The third-order valence-corrected chi connectivity index (χ3v) is 8.53. The van der Waals surface area contributed by atoms with Gasteiger partial charge in [0.25, 0.3) is 0 Å². The second kappa shape index (κ2) is 7.61. The van der Waals surface area contributed by atoms with Gasteiger partial charge >= 0.3 is 0 Å². The molecular weight excluding hydrogens is 454 g/mol. The topological polar surface area (TPSA) is 4.93 Å². The number of rotatable bonds is 2. The fourth-order valence-electron chi connectivity index (χ4n) is 5.75. The maximum atomic E-state index is 2.37. The highest BCUT2D eigenvalue weighted by Crippen LogP contribution is 2.48. The van der Waals surface area contributed by atoms with Crippen molar-refractivity contribution in [1.82, 2.24) is 4.57 Å². The van der Waals surface area contributed by atoms with Crippen molar-refractivity contribution in [3.63, 3.8) is 0 Å². The van der Waals surface area contributed by atoms with Crippen LogP contribution in [0.5, 0.6) is 0 Å². The Bertz CT molecular complexity index is 1900. The molecule has 2 heteroatoms. The molecule has 1 aliphatic heterocycles. The number of benzene rings is 6.